The van der Waals surface area contributed by atoms with Gasteiger partial charge in [-0.25, -0.2) is 4.39 Å². The van der Waals surface area contributed by atoms with Gasteiger partial charge in [0.1, 0.15) is 17.7 Å². The lowest BCUT2D eigenvalue weighted by atomic mass is 9.82. The van der Waals surface area contributed by atoms with Gasteiger partial charge < -0.3 is 10.6 Å². The fourth-order valence-corrected chi connectivity index (χ4v) is 3.87. The fourth-order valence-electron chi connectivity index (χ4n) is 3.74. The largest absolute Gasteiger partial charge is 0.339 e. The molecule has 148 valence electrons. The summed E-state index contributed by atoms with van der Waals surface area (Å²) in [6.45, 7) is 1.82. The van der Waals surface area contributed by atoms with Gasteiger partial charge in [-0.2, -0.15) is 5.10 Å². The van der Waals surface area contributed by atoms with Crippen LogP contribution in [-0.2, 0) is 11.8 Å². The normalized spacial score (nSPS) is 18.1. The van der Waals surface area contributed by atoms with Gasteiger partial charge in [-0.05, 0) is 48.9 Å². The van der Waals surface area contributed by atoms with E-state index in [9.17, 15) is 14.0 Å². The first-order valence-electron chi connectivity index (χ1n) is 9.01. The third kappa shape index (κ3) is 3.49. The van der Waals surface area contributed by atoms with E-state index in [1.165, 1.54) is 12.1 Å². The second-order valence-corrected chi connectivity index (χ2v) is 7.39. The highest BCUT2D eigenvalue weighted by Crippen LogP contribution is 2.39. The zero-order chi connectivity index (χ0) is 20.7. The van der Waals surface area contributed by atoms with E-state index in [0.29, 0.717) is 27.7 Å². The van der Waals surface area contributed by atoms with Gasteiger partial charge >= 0.3 is 0 Å². The molecule has 8 heteroatoms. The van der Waals surface area contributed by atoms with Crippen LogP contribution in [-0.4, -0.2) is 27.6 Å². The summed E-state index contributed by atoms with van der Waals surface area (Å²) in [5.74, 6) is -1.28. The van der Waals surface area contributed by atoms with Gasteiger partial charge in [-0.15, -0.1) is 0 Å². The molecule has 1 aromatic heterocycles. The van der Waals surface area contributed by atoms with Crippen molar-refractivity contribution in [1.82, 2.24) is 15.1 Å². The lowest BCUT2D eigenvalue weighted by Crippen LogP contribution is -2.50. The fraction of sp³-hybridized carbons (Fsp3) is 0.190. The third-order valence-corrected chi connectivity index (χ3v) is 5.29. The zero-order valence-corrected chi connectivity index (χ0v) is 16.5. The van der Waals surface area contributed by atoms with E-state index in [1.807, 2.05) is 6.92 Å². The predicted molar refractivity (Wildman–Crippen MR) is 108 cm³/mol. The highest BCUT2D eigenvalue weighted by molar-refractivity contribution is 6.30. The van der Waals surface area contributed by atoms with Crippen LogP contribution in [0.25, 0.3) is 0 Å². The molecular weight excluding hydrogens is 395 g/mol. The standard InChI is InChI=1S/C21H18ClFN4O2/c1-11-16-17(13-4-3-5-15(23)10-13)18(21(29)25-19(16)27(2)26-11)24-20(28)12-6-8-14(22)9-7-12/h3-10,17-18H,1-2H3,(H,24,28)(H,25,29)/t17-,18-/m1/s1. The number of carbonyl (C=O) groups is 2. The first kappa shape index (κ1) is 19.1. The number of nitrogens with zero attached hydrogens (tertiary/aromatic N) is 2. The van der Waals surface area contributed by atoms with Crippen LogP contribution >= 0.6 is 11.6 Å². The van der Waals surface area contributed by atoms with Gasteiger partial charge in [0.2, 0.25) is 5.91 Å². The average molecular weight is 413 g/mol. The second-order valence-electron chi connectivity index (χ2n) is 6.95. The van der Waals surface area contributed by atoms with Crippen LogP contribution in [0.15, 0.2) is 48.5 Å². The number of hydrogen-bond donors (Lipinski definition) is 2. The van der Waals surface area contributed by atoms with Gasteiger partial charge in [-0.3, -0.25) is 14.3 Å². The molecule has 2 amide bonds. The minimum atomic E-state index is -0.935. The predicted octanol–water partition coefficient (Wildman–Crippen LogP) is 3.40. The molecule has 0 saturated carbocycles. The maximum absolute atomic E-state index is 14.0. The smallest absolute Gasteiger partial charge is 0.251 e. The number of rotatable bonds is 3. The molecule has 2 atom stereocenters. The van der Waals surface area contributed by atoms with E-state index in [-0.39, 0.29) is 0 Å². The zero-order valence-electron chi connectivity index (χ0n) is 15.7. The molecule has 6 nitrogen and oxygen atoms in total. The molecule has 1 aliphatic heterocycles. The van der Waals surface area contributed by atoms with Gasteiger partial charge in [0.15, 0.2) is 0 Å². The van der Waals surface area contributed by atoms with E-state index >= 15 is 0 Å². The summed E-state index contributed by atoms with van der Waals surface area (Å²) in [4.78, 5) is 25.7. The number of amides is 2. The average Bonchev–Trinajstić information content (AvgIpc) is 2.96. The Kier molecular flexibility index (Phi) is 4.84. The van der Waals surface area contributed by atoms with E-state index in [0.717, 1.165) is 5.56 Å². The number of aromatic nitrogens is 2. The molecule has 0 unspecified atom stereocenters. The Morgan fingerprint density at radius 3 is 2.66 bits per heavy atom. The van der Waals surface area contributed by atoms with Crippen molar-refractivity contribution in [1.29, 1.82) is 0 Å². The molecule has 1 aliphatic rings. The van der Waals surface area contributed by atoms with Crippen LogP contribution in [0, 0.1) is 12.7 Å². The summed E-state index contributed by atoms with van der Waals surface area (Å²) < 4.78 is 15.5. The monoisotopic (exact) mass is 412 g/mol. The summed E-state index contributed by atoms with van der Waals surface area (Å²) in [6, 6.07) is 11.5. The lowest BCUT2D eigenvalue weighted by molar-refractivity contribution is -0.118. The second kappa shape index (κ2) is 7.33. The number of carbonyl (C=O) groups excluding carboxylic acids is 2. The van der Waals surface area contributed by atoms with Crippen molar-refractivity contribution in [2.45, 2.75) is 18.9 Å². The van der Waals surface area contributed by atoms with Crippen molar-refractivity contribution in [3.63, 3.8) is 0 Å². The van der Waals surface area contributed by atoms with E-state index < -0.39 is 29.6 Å². The van der Waals surface area contributed by atoms with Gasteiger partial charge in [-0.1, -0.05) is 23.7 Å². The molecule has 29 heavy (non-hydrogen) atoms. The molecule has 0 aliphatic carbocycles. The van der Waals surface area contributed by atoms with Crippen LogP contribution in [0.2, 0.25) is 5.02 Å². The van der Waals surface area contributed by atoms with Crippen molar-refractivity contribution in [2.24, 2.45) is 7.05 Å². The van der Waals surface area contributed by atoms with Crippen molar-refractivity contribution in [3.05, 3.63) is 81.8 Å². The molecule has 4 rings (SSSR count). The number of nitrogens with one attached hydrogen (secondary N) is 2. The van der Waals surface area contributed by atoms with Gasteiger partial charge in [0, 0.05) is 29.1 Å². The summed E-state index contributed by atoms with van der Waals surface area (Å²) >= 11 is 5.88. The van der Waals surface area contributed by atoms with Crippen LogP contribution in [0.3, 0.4) is 0 Å². The molecule has 2 heterocycles. The van der Waals surface area contributed by atoms with Gasteiger partial charge in [0.25, 0.3) is 5.91 Å². The maximum atomic E-state index is 14.0. The Hall–Kier alpha value is -3.19. The van der Waals surface area contributed by atoms with E-state index in [4.69, 9.17) is 11.6 Å². The Morgan fingerprint density at radius 2 is 1.97 bits per heavy atom. The van der Waals surface area contributed by atoms with E-state index in [2.05, 4.69) is 15.7 Å². The number of halogens is 2. The molecule has 2 aromatic carbocycles. The Bertz CT molecular complexity index is 1110. The lowest BCUT2D eigenvalue weighted by Gasteiger charge is -2.32. The summed E-state index contributed by atoms with van der Waals surface area (Å²) in [6.07, 6.45) is 0. The van der Waals surface area contributed by atoms with Crippen LogP contribution < -0.4 is 10.6 Å². The molecule has 0 fully saturated rings. The molecule has 2 N–H and O–H groups in total. The number of anilines is 1. The molecule has 0 saturated heterocycles. The molecule has 0 bridgehead atoms. The van der Waals surface area contributed by atoms with Crippen molar-refractivity contribution in [2.75, 3.05) is 5.32 Å². The summed E-state index contributed by atoms with van der Waals surface area (Å²) in [7, 11) is 1.72. The van der Waals surface area contributed by atoms with Crippen molar-refractivity contribution in [3.8, 4) is 0 Å². The Labute approximate surface area is 171 Å². The molecule has 0 spiro atoms. The molecule has 3 aromatic rings. The van der Waals surface area contributed by atoms with Crippen molar-refractivity contribution < 1.29 is 14.0 Å². The van der Waals surface area contributed by atoms with Crippen LogP contribution in [0.4, 0.5) is 10.2 Å². The van der Waals surface area contributed by atoms with Crippen LogP contribution in [0.1, 0.15) is 33.1 Å². The van der Waals surface area contributed by atoms with Gasteiger partial charge in [0.05, 0.1) is 5.69 Å². The minimum Gasteiger partial charge on any atom is -0.339 e. The number of aryl methyl sites for hydroxylation is 2. The topological polar surface area (TPSA) is 76.0 Å². The van der Waals surface area contributed by atoms with Crippen molar-refractivity contribution >= 4 is 29.2 Å². The summed E-state index contributed by atoms with van der Waals surface area (Å²) in [5.41, 5.74) is 2.40. The Balaban J connectivity index is 1.78. The highest BCUT2D eigenvalue weighted by Gasteiger charge is 2.41. The molecular formula is C21H18ClFN4O2. The van der Waals surface area contributed by atoms with Crippen LogP contribution in [0.5, 0.6) is 0 Å². The first-order valence-corrected chi connectivity index (χ1v) is 9.39. The summed E-state index contributed by atoms with van der Waals surface area (Å²) in [5, 5.41) is 10.5. The first-order chi connectivity index (χ1) is 13.8. The quantitative estimate of drug-likeness (QED) is 0.692. The maximum Gasteiger partial charge on any atom is 0.251 e. The Morgan fingerprint density at radius 1 is 1.24 bits per heavy atom. The van der Waals surface area contributed by atoms with E-state index in [1.54, 1.807) is 48.1 Å². The highest BCUT2D eigenvalue weighted by atomic mass is 35.5. The number of benzene rings is 2. The minimum absolute atomic E-state index is 0.369. The number of hydrogen-bond acceptors (Lipinski definition) is 3. The molecule has 0 radical (unpaired) electrons. The SMILES string of the molecule is Cc1nn(C)c2c1[C@@H](c1cccc(F)c1)[C@@H](NC(=O)c1ccc(Cl)cc1)C(=O)N2. The number of fused-ring (bicyclic) bond motifs is 1. The third-order valence-electron chi connectivity index (χ3n) is 5.04.